The summed E-state index contributed by atoms with van der Waals surface area (Å²) in [5.41, 5.74) is 5.96. The van der Waals surface area contributed by atoms with E-state index in [9.17, 15) is 0 Å². The molecule has 0 aromatic rings. The first-order chi connectivity index (χ1) is 7.72. The Kier molecular flexibility index (Phi) is 6.96. The van der Waals surface area contributed by atoms with Crippen molar-refractivity contribution in [2.24, 2.45) is 5.73 Å². The Labute approximate surface area is 99.5 Å². The van der Waals surface area contributed by atoms with Gasteiger partial charge in [-0.3, -0.25) is 0 Å². The van der Waals surface area contributed by atoms with Gasteiger partial charge in [-0.15, -0.1) is 0 Å². The number of ether oxygens (including phenoxy) is 1. The van der Waals surface area contributed by atoms with Crippen LogP contribution in [-0.2, 0) is 4.74 Å². The first-order valence-electron chi connectivity index (χ1n) is 6.39. The Hall–Kier alpha value is -0.160. The SMILES string of the molecule is COCCN(C)CCNC1CCCC(N)C1. The lowest BCUT2D eigenvalue weighted by atomic mass is 9.92. The van der Waals surface area contributed by atoms with Gasteiger partial charge in [-0.2, -0.15) is 0 Å². The lowest BCUT2D eigenvalue weighted by Gasteiger charge is -2.28. The molecule has 3 N–H and O–H groups in total. The highest BCUT2D eigenvalue weighted by molar-refractivity contribution is 4.79. The van der Waals surface area contributed by atoms with Crippen LogP contribution in [0.4, 0.5) is 0 Å². The van der Waals surface area contributed by atoms with Gasteiger partial charge in [-0.25, -0.2) is 0 Å². The number of nitrogens with two attached hydrogens (primary N) is 1. The van der Waals surface area contributed by atoms with Gasteiger partial charge in [0.2, 0.25) is 0 Å². The van der Waals surface area contributed by atoms with E-state index < -0.39 is 0 Å². The van der Waals surface area contributed by atoms with Crippen molar-refractivity contribution in [1.82, 2.24) is 10.2 Å². The Bertz CT molecular complexity index is 178. The molecule has 0 aliphatic heterocycles. The summed E-state index contributed by atoms with van der Waals surface area (Å²) in [4.78, 5) is 2.29. The molecule has 0 aromatic carbocycles. The molecule has 0 heterocycles. The Morgan fingerprint density at radius 1 is 1.38 bits per heavy atom. The Morgan fingerprint density at radius 2 is 2.19 bits per heavy atom. The predicted octanol–water partition coefficient (Wildman–Crippen LogP) is 0.424. The van der Waals surface area contributed by atoms with Crippen LogP contribution in [0.15, 0.2) is 0 Å². The number of hydrogen-bond donors (Lipinski definition) is 2. The zero-order valence-electron chi connectivity index (χ0n) is 10.7. The lowest BCUT2D eigenvalue weighted by molar-refractivity contribution is 0.160. The lowest BCUT2D eigenvalue weighted by Crippen LogP contribution is -2.42. The van der Waals surface area contributed by atoms with Gasteiger partial charge in [-0.05, 0) is 26.3 Å². The highest BCUT2D eigenvalue weighted by atomic mass is 16.5. The van der Waals surface area contributed by atoms with Gasteiger partial charge in [0, 0.05) is 38.8 Å². The minimum absolute atomic E-state index is 0.414. The molecule has 4 heteroatoms. The summed E-state index contributed by atoms with van der Waals surface area (Å²) in [5.74, 6) is 0. The molecule has 0 spiro atoms. The van der Waals surface area contributed by atoms with Crippen molar-refractivity contribution in [2.75, 3.05) is 40.4 Å². The van der Waals surface area contributed by atoms with E-state index in [0.29, 0.717) is 12.1 Å². The predicted molar refractivity (Wildman–Crippen MR) is 67.6 cm³/mol. The second-order valence-corrected chi connectivity index (χ2v) is 4.87. The van der Waals surface area contributed by atoms with E-state index in [1.54, 1.807) is 7.11 Å². The highest BCUT2D eigenvalue weighted by Crippen LogP contribution is 2.16. The summed E-state index contributed by atoms with van der Waals surface area (Å²) in [6, 6.07) is 1.05. The van der Waals surface area contributed by atoms with Crippen molar-refractivity contribution in [3.8, 4) is 0 Å². The fraction of sp³-hybridized carbons (Fsp3) is 1.00. The molecule has 0 aromatic heterocycles. The number of rotatable bonds is 7. The van der Waals surface area contributed by atoms with Crippen LogP contribution < -0.4 is 11.1 Å². The summed E-state index contributed by atoms with van der Waals surface area (Å²) in [6.45, 7) is 3.94. The monoisotopic (exact) mass is 229 g/mol. The number of nitrogens with one attached hydrogen (secondary N) is 1. The smallest absolute Gasteiger partial charge is 0.0589 e. The summed E-state index contributed by atoms with van der Waals surface area (Å²) in [7, 11) is 3.88. The molecule has 0 radical (unpaired) electrons. The number of hydrogen-bond acceptors (Lipinski definition) is 4. The third-order valence-electron chi connectivity index (χ3n) is 3.32. The van der Waals surface area contributed by atoms with Gasteiger partial charge in [0.25, 0.3) is 0 Å². The average Bonchev–Trinajstić information content (AvgIpc) is 2.26. The second kappa shape index (κ2) is 8.01. The molecule has 16 heavy (non-hydrogen) atoms. The van der Waals surface area contributed by atoms with E-state index in [-0.39, 0.29) is 0 Å². The molecule has 4 nitrogen and oxygen atoms in total. The van der Waals surface area contributed by atoms with Crippen LogP contribution in [0.25, 0.3) is 0 Å². The normalized spacial score (nSPS) is 26.2. The quantitative estimate of drug-likeness (QED) is 0.664. The zero-order chi connectivity index (χ0) is 11.8. The topological polar surface area (TPSA) is 50.5 Å². The van der Waals surface area contributed by atoms with E-state index in [1.807, 2.05) is 0 Å². The van der Waals surface area contributed by atoms with Gasteiger partial charge >= 0.3 is 0 Å². The first-order valence-corrected chi connectivity index (χ1v) is 6.39. The van der Waals surface area contributed by atoms with Gasteiger partial charge in [-0.1, -0.05) is 6.42 Å². The van der Waals surface area contributed by atoms with Crippen molar-refractivity contribution in [3.63, 3.8) is 0 Å². The Balaban J connectivity index is 2.01. The molecule has 1 saturated carbocycles. The molecule has 0 amide bonds. The van der Waals surface area contributed by atoms with Crippen LogP contribution in [0.1, 0.15) is 25.7 Å². The van der Waals surface area contributed by atoms with Crippen molar-refractivity contribution in [3.05, 3.63) is 0 Å². The molecular formula is C12H27N3O. The van der Waals surface area contributed by atoms with Crippen LogP contribution in [0, 0.1) is 0 Å². The summed E-state index contributed by atoms with van der Waals surface area (Å²) in [6.07, 6.45) is 4.90. The van der Waals surface area contributed by atoms with Crippen molar-refractivity contribution in [1.29, 1.82) is 0 Å². The third-order valence-corrected chi connectivity index (χ3v) is 3.32. The summed E-state index contributed by atoms with van der Waals surface area (Å²) in [5, 5.41) is 3.60. The molecule has 1 aliphatic carbocycles. The molecule has 1 rings (SSSR count). The minimum Gasteiger partial charge on any atom is -0.383 e. The highest BCUT2D eigenvalue weighted by Gasteiger charge is 2.18. The fourth-order valence-electron chi connectivity index (χ4n) is 2.23. The molecule has 1 fully saturated rings. The van der Waals surface area contributed by atoms with E-state index in [0.717, 1.165) is 32.7 Å². The summed E-state index contributed by atoms with van der Waals surface area (Å²) >= 11 is 0. The van der Waals surface area contributed by atoms with Crippen molar-refractivity contribution >= 4 is 0 Å². The van der Waals surface area contributed by atoms with E-state index in [2.05, 4.69) is 17.3 Å². The van der Waals surface area contributed by atoms with E-state index in [4.69, 9.17) is 10.5 Å². The maximum absolute atomic E-state index is 5.96. The van der Waals surface area contributed by atoms with Gasteiger partial charge in [0.1, 0.15) is 0 Å². The summed E-state index contributed by atoms with van der Waals surface area (Å²) < 4.78 is 5.04. The number of likely N-dealkylation sites (N-methyl/N-ethyl adjacent to an activating group) is 1. The molecule has 1 aliphatic rings. The van der Waals surface area contributed by atoms with Crippen LogP contribution in [0.5, 0.6) is 0 Å². The van der Waals surface area contributed by atoms with E-state index in [1.165, 1.54) is 19.3 Å². The van der Waals surface area contributed by atoms with Crippen molar-refractivity contribution in [2.45, 2.75) is 37.8 Å². The van der Waals surface area contributed by atoms with Crippen LogP contribution in [0.2, 0.25) is 0 Å². The number of methoxy groups -OCH3 is 1. The minimum atomic E-state index is 0.414. The van der Waals surface area contributed by atoms with Gasteiger partial charge < -0.3 is 20.7 Å². The van der Waals surface area contributed by atoms with Gasteiger partial charge in [0.15, 0.2) is 0 Å². The molecule has 2 unspecified atom stereocenters. The first kappa shape index (κ1) is 13.9. The second-order valence-electron chi connectivity index (χ2n) is 4.87. The third kappa shape index (κ3) is 5.80. The van der Waals surface area contributed by atoms with Gasteiger partial charge in [0.05, 0.1) is 6.61 Å². The molecular weight excluding hydrogens is 202 g/mol. The molecule has 0 bridgehead atoms. The van der Waals surface area contributed by atoms with Crippen LogP contribution in [-0.4, -0.2) is 57.4 Å². The standard InChI is InChI=1S/C12H27N3O/c1-15(8-9-16-2)7-6-14-12-5-3-4-11(13)10-12/h11-12,14H,3-10,13H2,1-2H3. The molecule has 2 atom stereocenters. The van der Waals surface area contributed by atoms with Crippen LogP contribution in [0.3, 0.4) is 0 Å². The maximum atomic E-state index is 5.96. The molecule has 96 valence electrons. The van der Waals surface area contributed by atoms with Crippen molar-refractivity contribution < 1.29 is 4.74 Å². The zero-order valence-corrected chi connectivity index (χ0v) is 10.7. The number of nitrogens with zero attached hydrogens (tertiary/aromatic N) is 1. The van der Waals surface area contributed by atoms with E-state index >= 15 is 0 Å². The Morgan fingerprint density at radius 3 is 2.88 bits per heavy atom. The average molecular weight is 229 g/mol. The fourth-order valence-corrected chi connectivity index (χ4v) is 2.23. The van der Waals surface area contributed by atoms with Crippen LogP contribution >= 0.6 is 0 Å². The maximum Gasteiger partial charge on any atom is 0.0589 e. The molecule has 0 saturated heterocycles. The largest absolute Gasteiger partial charge is 0.383 e.